The summed E-state index contributed by atoms with van der Waals surface area (Å²) in [5.41, 5.74) is 4.58. The highest BCUT2D eigenvalue weighted by Gasteiger charge is 2.46. The number of anilines is 1. The third-order valence-corrected chi connectivity index (χ3v) is 7.28. The van der Waals surface area contributed by atoms with E-state index in [1.54, 1.807) is 30.5 Å². The van der Waals surface area contributed by atoms with E-state index >= 15 is 0 Å². The number of hydrogen-bond acceptors (Lipinski definition) is 3. The fraction of sp³-hybridized carbons (Fsp3) is 0.286. The van der Waals surface area contributed by atoms with Crippen molar-refractivity contribution in [1.82, 2.24) is 9.88 Å². The largest absolute Gasteiger partial charge is 0.307 e. The number of halogens is 2. The number of nitrogens with zero attached hydrogens (tertiary/aromatic N) is 3. The number of aromatic nitrogens is 1. The summed E-state index contributed by atoms with van der Waals surface area (Å²) >= 11 is 6.05. The monoisotopic (exact) mass is 475 g/mol. The number of likely N-dealkylation sites (tertiary alicyclic amines) is 1. The Morgan fingerprint density at radius 2 is 1.94 bits per heavy atom. The minimum absolute atomic E-state index is 0.0403. The third kappa shape index (κ3) is 4.38. The first-order valence-electron chi connectivity index (χ1n) is 11.6. The molecule has 3 aromatic rings. The molecule has 5 rings (SSSR count). The Bertz CT molecular complexity index is 1250. The molecular formula is C28H27ClFN3O. The van der Waals surface area contributed by atoms with Gasteiger partial charge in [-0.25, -0.2) is 9.37 Å². The first-order chi connectivity index (χ1) is 16.4. The number of benzene rings is 2. The first kappa shape index (κ1) is 22.8. The normalized spacial score (nSPS) is 17.4. The molecule has 0 atom stereocenters. The summed E-state index contributed by atoms with van der Waals surface area (Å²) in [6.45, 7) is 5.41. The fourth-order valence-electron chi connectivity index (χ4n) is 5.19. The van der Waals surface area contributed by atoms with E-state index in [1.165, 1.54) is 17.2 Å². The van der Waals surface area contributed by atoms with Crippen molar-refractivity contribution in [2.45, 2.75) is 25.2 Å². The number of carbonyl (C=O) groups excluding carboxylic acids is 1. The fourth-order valence-corrected chi connectivity index (χ4v) is 5.36. The lowest BCUT2D eigenvalue weighted by molar-refractivity contribution is 0.0977. The molecule has 1 fully saturated rings. The molecule has 1 saturated heterocycles. The van der Waals surface area contributed by atoms with E-state index < -0.39 is 0 Å². The highest BCUT2D eigenvalue weighted by molar-refractivity contribution is 6.29. The molecule has 0 N–H and O–H groups in total. The van der Waals surface area contributed by atoms with E-state index in [9.17, 15) is 9.18 Å². The second-order valence-corrected chi connectivity index (χ2v) is 9.67. The van der Waals surface area contributed by atoms with Crippen LogP contribution in [0.2, 0.25) is 5.15 Å². The third-order valence-electron chi connectivity index (χ3n) is 7.07. The van der Waals surface area contributed by atoms with Gasteiger partial charge in [0.2, 0.25) is 0 Å². The molecular weight excluding hydrogens is 449 g/mol. The molecule has 0 bridgehead atoms. The van der Waals surface area contributed by atoms with Gasteiger partial charge in [0.25, 0.3) is 5.91 Å². The molecule has 34 heavy (non-hydrogen) atoms. The lowest BCUT2D eigenvalue weighted by Crippen LogP contribution is -2.46. The molecule has 2 aliphatic rings. The van der Waals surface area contributed by atoms with Crippen LogP contribution >= 0.6 is 11.6 Å². The second-order valence-electron chi connectivity index (χ2n) is 9.28. The molecule has 174 valence electrons. The number of rotatable bonds is 4. The quantitative estimate of drug-likeness (QED) is 0.441. The van der Waals surface area contributed by atoms with Gasteiger partial charge in [-0.2, -0.15) is 0 Å². The molecule has 1 spiro atoms. The molecule has 0 unspecified atom stereocenters. The van der Waals surface area contributed by atoms with Gasteiger partial charge in [-0.05, 0) is 62.7 Å². The number of carbonyl (C=O) groups is 1. The van der Waals surface area contributed by atoms with Crippen LogP contribution in [-0.4, -0.2) is 42.0 Å². The smallest absolute Gasteiger partial charge is 0.258 e. The van der Waals surface area contributed by atoms with Crippen molar-refractivity contribution < 1.29 is 9.18 Å². The molecule has 4 nitrogen and oxygen atoms in total. The van der Waals surface area contributed by atoms with Gasteiger partial charge in [0, 0.05) is 41.5 Å². The van der Waals surface area contributed by atoms with Gasteiger partial charge in [0.1, 0.15) is 11.0 Å². The highest BCUT2D eigenvalue weighted by Crippen LogP contribution is 2.47. The predicted molar refractivity (Wildman–Crippen MR) is 135 cm³/mol. The number of piperidine rings is 1. The molecule has 6 heteroatoms. The average molecular weight is 476 g/mol. The van der Waals surface area contributed by atoms with Crippen molar-refractivity contribution in [3.63, 3.8) is 0 Å². The van der Waals surface area contributed by atoms with Crippen LogP contribution in [0.4, 0.5) is 10.1 Å². The molecule has 2 aromatic carbocycles. The van der Waals surface area contributed by atoms with Crippen LogP contribution in [0.5, 0.6) is 0 Å². The zero-order chi connectivity index (χ0) is 23.7. The van der Waals surface area contributed by atoms with E-state index in [0.717, 1.165) is 38.2 Å². The zero-order valence-electron chi connectivity index (χ0n) is 19.2. The van der Waals surface area contributed by atoms with Crippen molar-refractivity contribution in [2.24, 2.45) is 0 Å². The van der Waals surface area contributed by atoms with Gasteiger partial charge < -0.3 is 4.90 Å². The minimum Gasteiger partial charge on any atom is -0.307 e. The van der Waals surface area contributed by atoms with Gasteiger partial charge in [-0.15, -0.1) is 0 Å². The Morgan fingerprint density at radius 3 is 2.71 bits per heavy atom. The molecule has 0 radical (unpaired) electrons. The highest BCUT2D eigenvalue weighted by atomic mass is 35.5. The standard InChI is InChI=1S/C28H27ClFN3O/c1-20-8-9-25-23(17-20)28(19-33(25)27(34)22-10-13-31-26(29)18-22)11-15-32(16-12-28)14-4-6-21-5-2-3-7-24(21)30/h2-10,13,17-18H,11-12,14-16,19H2,1H3/b6-4+. The topological polar surface area (TPSA) is 36.4 Å². The molecule has 3 heterocycles. The molecule has 2 aliphatic heterocycles. The zero-order valence-corrected chi connectivity index (χ0v) is 19.9. The van der Waals surface area contributed by atoms with Crippen molar-refractivity contribution in [3.05, 3.63) is 100 Å². The summed E-state index contributed by atoms with van der Waals surface area (Å²) in [6, 6.07) is 16.6. The molecule has 1 amide bonds. The second kappa shape index (κ2) is 9.32. The van der Waals surface area contributed by atoms with Crippen molar-refractivity contribution in [1.29, 1.82) is 0 Å². The minimum atomic E-state index is -0.200. The molecule has 0 aliphatic carbocycles. The number of hydrogen-bond donors (Lipinski definition) is 0. The molecule has 0 saturated carbocycles. The number of fused-ring (bicyclic) bond motifs is 2. The first-order valence-corrected chi connectivity index (χ1v) is 12.0. The lowest BCUT2D eigenvalue weighted by Gasteiger charge is -2.39. The van der Waals surface area contributed by atoms with Crippen LogP contribution in [0.3, 0.4) is 0 Å². The van der Waals surface area contributed by atoms with Crippen molar-refractivity contribution in [2.75, 3.05) is 31.1 Å². The lowest BCUT2D eigenvalue weighted by atomic mass is 9.74. The van der Waals surface area contributed by atoms with Gasteiger partial charge in [-0.3, -0.25) is 9.69 Å². The summed E-state index contributed by atoms with van der Waals surface area (Å²) in [5.74, 6) is -0.240. The maximum Gasteiger partial charge on any atom is 0.258 e. The van der Waals surface area contributed by atoms with Crippen LogP contribution in [0.1, 0.15) is 39.9 Å². The van der Waals surface area contributed by atoms with Gasteiger partial charge in [0.05, 0.1) is 0 Å². The van der Waals surface area contributed by atoms with Crippen LogP contribution in [-0.2, 0) is 5.41 Å². The SMILES string of the molecule is Cc1ccc2c(c1)C1(CCN(C/C=C/c3ccccc3F)CC1)CN2C(=O)c1ccnc(Cl)c1. The van der Waals surface area contributed by atoms with Crippen LogP contribution in [0.15, 0.2) is 66.9 Å². The molecule has 1 aromatic heterocycles. The van der Waals surface area contributed by atoms with Gasteiger partial charge in [0.15, 0.2) is 0 Å². The van der Waals surface area contributed by atoms with E-state index in [4.69, 9.17) is 11.6 Å². The maximum absolute atomic E-state index is 13.9. The number of aryl methyl sites for hydroxylation is 1. The van der Waals surface area contributed by atoms with Gasteiger partial charge >= 0.3 is 0 Å². The summed E-state index contributed by atoms with van der Waals surface area (Å²) in [4.78, 5) is 21.7. The Hall–Kier alpha value is -3.02. The van der Waals surface area contributed by atoms with E-state index in [-0.39, 0.29) is 17.1 Å². The summed E-state index contributed by atoms with van der Waals surface area (Å²) in [7, 11) is 0. The van der Waals surface area contributed by atoms with Crippen LogP contribution in [0, 0.1) is 12.7 Å². The Kier molecular flexibility index (Phi) is 6.24. The predicted octanol–water partition coefficient (Wildman–Crippen LogP) is 5.89. The Labute approximate surface area is 204 Å². The summed E-state index contributed by atoms with van der Waals surface area (Å²) in [6.07, 6.45) is 7.40. The van der Waals surface area contributed by atoms with Crippen molar-refractivity contribution >= 4 is 29.3 Å². The summed E-state index contributed by atoms with van der Waals surface area (Å²) < 4.78 is 13.9. The van der Waals surface area contributed by atoms with Crippen LogP contribution in [0.25, 0.3) is 6.08 Å². The van der Waals surface area contributed by atoms with E-state index in [1.807, 2.05) is 23.1 Å². The maximum atomic E-state index is 13.9. The Morgan fingerprint density at radius 1 is 1.15 bits per heavy atom. The number of pyridine rings is 1. The van der Waals surface area contributed by atoms with Gasteiger partial charge in [-0.1, -0.05) is 59.6 Å². The Balaban J connectivity index is 1.33. The average Bonchev–Trinajstić information content (AvgIpc) is 3.14. The van der Waals surface area contributed by atoms with Crippen LogP contribution < -0.4 is 4.90 Å². The summed E-state index contributed by atoms with van der Waals surface area (Å²) in [5, 5.41) is 0.320. The van der Waals surface area contributed by atoms with Crippen molar-refractivity contribution in [3.8, 4) is 0 Å². The van der Waals surface area contributed by atoms with E-state index in [0.29, 0.717) is 22.8 Å². The number of amides is 1. The van der Waals surface area contributed by atoms with E-state index in [2.05, 4.69) is 35.0 Å².